The van der Waals surface area contributed by atoms with Crippen LogP contribution in [0.25, 0.3) is 0 Å². The van der Waals surface area contributed by atoms with Gasteiger partial charge in [-0.3, -0.25) is 4.55 Å². The lowest BCUT2D eigenvalue weighted by molar-refractivity contribution is 0.206. The van der Waals surface area contributed by atoms with E-state index in [2.05, 4.69) is 0 Å². The molecule has 0 spiro atoms. The van der Waals surface area contributed by atoms with Crippen molar-refractivity contribution in [1.29, 1.82) is 0 Å². The third-order valence-electron chi connectivity index (χ3n) is 2.98. The van der Waals surface area contributed by atoms with E-state index in [-0.39, 0.29) is 5.92 Å². The molecule has 0 saturated heterocycles. The maximum absolute atomic E-state index is 13.4. The predicted molar refractivity (Wildman–Crippen MR) is 55.9 cm³/mol. The predicted octanol–water partition coefficient (Wildman–Crippen LogP) is 1.12. The average Bonchev–Trinajstić information content (AvgIpc) is 2.15. The zero-order valence-electron chi connectivity index (χ0n) is 8.60. The van der Waals surface area contributed by atoms with E-state index in [9.17, 15) is 12.8 Å². The molecular formula is C9H18FNO3S. The van der Waals surface area contributed by atoms with Gasteiger partial charge in [0.2, 0.25) is 0 Å². The fourth-order valence-corrected chi connectivity index (χ4v) is 2.75. The van der Waals surface area contributed by atoms with Crippen molar-refractivity contribution in [3.63, 3.8) is 0 Å². The van der Waals surface area contributed by atoms with Crippen molar-refractivity contribution < 1.29 is 17.4 Å². The molecule has 0 radical (unpaired) electrons. The van der Waals surface area contributed by atoms with Gasteiger partial charge in [-0.2, -0.15) is 8.42 Å². The Morgan fingerprint density at radius 2 is 1.87 bits per heavy atom. The quantitative estimate of drug-likeness (QED) is 0.720. The summed E-state index contributed by atoms with van der Waals surface area (Å²) in [6, 6.07) is -0.771. The van der Waals surface area contributed by atoms with Crippen LogP contribution in [0.5, 0.6) is 0 Å². The summed E-state index contributed by atoms with van der Waals surface area (Å²) in [5.41, 5.74) is 5.65. The summed E-state index contributed by atoms with van der Waals surface area (Å²) in [5.74, 6) is -0.833. The molecule has 0 aromatic heterocycles. The molecule has 6 heteroatoms. The van der Waals surface area contributed by atoms with Crippen LogP contribution in [-0.2, 0) is 10.1 Å². The highest BCUT2D eigenvalue weighted by molar-refractivity contribution is 7.85. The second-order valence-corrected chi connectivity index (χ2v) is 5.74. The van der Waals surface area contributed by atoms with Crippen molar-refractivity contribution in [3.8, 4) is 0 Å². The van der Waals surface area contributed by atoms with Gasteiger partial charge in [0, 0.05) is 6.04 Å². The van der Waals surface area contributed by atoms with E-state index in [4.69, 9.17) is 10.3 Å². The lowest BCUT2D eigenvalue weighted by atomic mass is 9.83. The van der Waals surface area contributed by atoms with Crippen LogP contribution >= 0.6 is 0 Å². The fraction of sp³-hybridized carbons (Fsp3) is 1.00. The Kier molecular flexibility index (Phi) is 4.48. The molecule has 15 heavy (non-hydrogen) atoms. The Bertz CT molecular complexity index is 288. The number of rotatable bonds is 4. The fourth-order valence-electron chi connectivity index (χ4n) is 2.13. The number of nitrogens with two attached hydrogens (primary N) is 1. The zero-order valence-corrected chi connectivity index (χ0v) is 9.42. The molecule has 90 valence electrons. The molecule has 0 aromatic rings. The smallest absolute Gasteiger partial charge is 0.267 e. The van der Waals surface area contributed by atoms with Crippen LogP contribution in [-0.4, -0.2) is 30.9 Å². The Morgan fingerprint density at radius 1 is 1.33 bits per heavy atom. The van der Waals surface area contributed by atoms with E-state index >= 15 is 0 Å². The molecule has 1 aliphatic carbocycles. The summed E-state index contributed by atoms with van der Waals surface area (Å²) in [6.45, 7) is 0. The molecule has 2 atom stereocenters. The maximum Gasteiger partial charge on any atom is 0.267 e. The highest BCUT2D eigenvalue weighted by Crippen LogP contribution is 2.27. The van der Waals surface area contributed by atoms with Gasteiger partial charge in [0.25, 0.3) is 10.1 Å². The summed E-state index contributed by atoms with van der Waals surface area (Å²) in [6.07, 6.45) is 3.23. The van der Waals surface area contributed by atoms with Crippen molar-refractivity contribution in [2.45, 2.75) is 44.3 Å². The summed E-state index contributed by atoms with van der Waals surface area (Å²) in [5, 5.41) is 0. The Balaban J connectivity index is 2.47. The molecule has 0 amide bonds. The van der Waals surface area contributed by atoms with Crippen LogP contribution in [0.15, 0.2) is 0 Å². The Hall–Kier alpha value is -0.200. The van der Waals surface area contributed by atoms with Crippen LogP contribution in [0.2, 0.25) is 0 Å². The second-order valence-electron chi connectivity index (χ2n) is 4.24. The molecule has 1 aliphatic rings. The highest BCUT2D eigenvalue weighted by Gasteiger charge is 2.30. The van der Waals surface area contributed by atoms with Crippen LogP contribution < -0.4 is 5.73 Å². The van der Waals surface area contributed by atoms with E-state index in [1.165, 1.54) is 0 Å². The molecule has 1 rings (SSSR count). The number of alkyl halides is 1. The lowest BCUT2D eigenvalue weighted by Gasteiger charge is -2.29. The Morgan fingerprint density at radius 3 is 2.33 bits per heavy atom. The van der Waals surface area contributed by atoms with Gasteiger partial charge < -0.3 is 5.73 Å². The van der Waals surface area contributed by atoms with Gasteiger partial charge >= 0.3 is 0 Å². The largest absolute Gasteiger partial charge is 0.325 e. The zero-order chi connectivity index (χ0) is 11.5. The van der Waals surface area contributed by atoms with E-state index in [0.717, 1.165) is 32.1 Å². The summed E-state index contributed by atoms with van der Waals surface area (Å²) >= 11 is 0. The van der Waals surface area contributed by atoms with Gasteiger partial charge in [-0.15, -0.1) is 0 Å². The molecule has 0 aromatic carbocycles. The van der Waals surface area contributed by atoms with Gasteiger partial charge in [0.05, 0.1) is 0 Å². The van der Waals surface area contributed by atoms with E-state index < -0.39 is 28.1 Å². The van der Waals surface area contributed by atoms with Crippen molar-refractivity contribution in [2.75, 3.05) is 5.75 Å². The van der Waals surface area contributed by atoms with E-state index in [1.807, 2.05) is 0 Å². The first-order chi connectivity index (χ1) is 6.90. The SMILES string of the molecule is N[C@H](C1CCCCC1)[C@@H](F)CS(=O)(=O)O. The first kappa shape index (κ1) is 12.9. The van der Waals surface area contributed by atoms with Crippen LogP contribution in [0.3, 0.4) is 0 Å². The van der Waals surface area contributed by atoms with Gasteiger partial charge in [-0.05, 0) is 18.8 Å². The van der Waals surface area contributed by atoms with Crippen LogP contribution in [0.4, 0.5) is 4.39 Å². The second kappa shape index (κ2) is 5.23. The Labute approximate surface area is 89.8 Å². The minimum Gasteiger partial charge on any atom is -0.325 e. The van der Waals surface area contributed by atoms with Crippen molar-refractivity contribution >= 4 is 10.1 Å². The third kappa shape index (κ3) is 4.44. The summed E-state index contributed by atoms with van der Waals surface area (Å²) < 4.78 is 42.9. The first-order valence-corrected chi connectivity index (χ1v) is 6.86. The highest BCUT2D eigenvalue weighted by atomic mass is 32.2. The van der Waals surface area contributed by atoms with E-state index in [1.54, 1.807) is 0 Å². The van der Waals surface area contributed by atoms with Crippen molar-refractivity contribution in [3.05, 3.63) is 0 Å². The van der Waals surface area contributed by atoms with Crippen molar-refractivity contribution in [1.82, 2.24) is 0 Å². The standard InChI is InChI=1S/C9H18FNO3S/c10-8(6-15(12,13)14)9(11)7-4-2-1-3-5-7/h7-9H,1-6,11H2,(H,12,13,14)/t8-,9+/m0/s1. The minimum absolute atomic E-state index is 0.0514. The molecule has 1 fully saturated rings. The maximum atomic E-state index is 13.4. The number of hydrogen-bond acceptors (Lipinski definition) is 3. The lowest BCUT2D eigenvalue weighted by Crippen LogP contribution is -2.43. The van der Waals surface area contributed by atoms with Gasteiger partial charge in [0.15, 0.2) is 0 Å². The molecule has 4 nitrogen and oxygen atoms in total. The van der Waals surface area contributed by atoms with E-state index in [0.29, 0.717) is 0 Å². The van der Waals surface area contributed by atoms with Gasteiger partial charge in [-0.1, -0.05) is 19.3 Å². The normalized spacial score (nSPS) is 23.7. The van der Waals surface area contributed by atoms with Gasteiger partial charge in [-0.25, -0.2) is 4.39 Å². The minimum atomic E-state index is -4.26. The summed E-state index contributed by atoms with van der Waals surface area (Å²) in [4.78, 5) is 0. The third-order valence-corrected chi connectivity index (χ3v) is 3.72. The molecule has 0 heterocycles. The number of hydrogen-bond donors (Lipinski definition) is 2. The van der Waals surface area contributed by atoms with Crippen molar-refractivity contribution in [2.24, 2.45) is 11.7 Å². The van der Waals surface area contributed by atoms with Crippen LogP contribution in [0, 0.1) is 5.92 Å². The molecular weight excluding hydrogens is 221 g/mol. The monoisotopic (exact) mass is 239 g/mol. The molecule has 3 N–H and O–H groups in total. The molecule has 0 aliphatic heterocycles. The van der Waals surface area contributed by atoms with Gasteiger partial charge in [0.1, 0.15) is 11.9 Å². The molecule has 0 bridgehead atoms. The first-order valence-electron chi connectivity index (χ1n) is 5.25. The van der Waals surface area contributed by atoms with Crippen LogP contribution in [0.1, 0.15) is 32.1 Å². The average molecular weight is 239 g/mol. The number of halogens is 1. The molecule has 1 saturated carbocycles. The molecule has 0 unspecified atom stereocenters. The summed E-state index contributed by atoms with van der Waals surface area (Å²) in [7, 11) is -4.26. The topological polar surface area (TPSA) is 80.4 Å².